The van der Waals surface area contributed by atoms with Gasteiger partial charge < -0.3 is 10.2 Å². The molecule has 0 aliphatic carbocycles. The van der Waals surface area contributed by atoms with Crippen LogP contribution in [0.2, 0.25) is 0 Å². The molecule has 0 heterocycles. The molecule has 2 N–H and O–H groups in total. The van der Waals surface area contributed by atoms with E-state index >= 15 is 0 Å². The van der Waals surface area contributed by atoms with Crippen molar-refractivity contribution in [3.05, 3.63) is 143 Å². The molecule has 6 aromatic rings. The van der Waals surface area contributed by atoms with E-state index in [1.165, 1.54) is 68.0 Å². The summed E-state index contributed by atoms with van der Waals surface area (Å²) >= 11 is 1.51. The average Bonchev–Trinajstić information content (AvgIpc) is 3.63. The van der Waals surface area contributed by atoms with Crippen LogP contribution in [0.3, 0.4) is 0 Å². The number of halogens is 6. The summed E-state index contributed by atoms with van der Waals surface area (Å²) in [6.45, 7) is 10.7. The largest absolute Gasteiger partial charge is 0.508 e. The molecule has 9 heteroatoms. The molecule has 0 radical (unpaired) electrons. The fourth-order valence-electron chi connectivity index (χ4n) is 4.11. The Kier molecular flexibility index (Phi) is 14.9. The maximum Gasteiger partial charge on any atom is 0.416 e. The van der Waals surface area contributed by atoms with Gasteiger partial charge in [0.2, 0.25) is 0 Å². The number of aryl methyl sites for hydroxylation is 4. The summed E-state index contributed by atoms with van der Waals surface area (Å²) in [5.41, 5.74) is 4.01. The molecule has 0 aromatic heterocycles. The molecule has 6 rings (SSSR count). The molecule has 0 unspecified atom stereocenters. The third kappa shape index (κ3) is 13.0. The molecule has 0 saturated carbocycles. The van der Waals surface area contributed by atoms with E-state index in [-0.39, 0.29) is 11.5 Å². The normalized spacial score (nSPS) is 10.7. The molecule has 0 aliphatic rings. The second kappa shape index (κ2) is 17.8. The molecular formula is C38H36F6O2Zr. The van der Waals surface area contributed by atoms with Crippen LogP contribution in [0.1, 0.15) is 40.3 Å². The molecule has 2 nitrogen and oxygen atoms in total. The number of fused-ring (bicyclic) bond motifs is 2. The number of rotatable bonds is 0. The molecule has 47 heavy (non-hydrogen) atoms. The minimum Gasteiger partial charge on any atom is -0.508 e. The zero-order valence-corrected chi connectivity index (χ0v) is 29.1. The van der Waals surface area contributed by atoms with Crippen LogP contribution in [0.15, 0.2) is 109 Å². The molecule has 0 aliphatic heterocycles. The van der Waals surface area contributed by atoms with E-state index in [0.717, 1.165) is 48.5 Å². The first-order chi connectivity index (χ1) is 22.0. The molecule has 0 amide bonds. The Morgan fingerprint density at radius 3 is 1.09 bits per heavy atom. The summed E-state index contributed by atoms with van der Waals surface area (Å²) in [4.78, 5) is 0. The van der Waals surface area contributed by atoms with E-state index in [1.54, 1.807) is 0 Å². The molecule has 0 spiro atoms. The Morgan fingerprint density at radius 2 is 0.809 bits per heavy atom. The molecule has 0 bridgehead atoms. The monoisotopic (exact) mass is 728 g/mol. The number of aromatic hydroxyl groups is 2. The predicted octanol–water partition coefficient (Wildman–Crippen LogP) is 11.5. The Labute approximate surface area is 286 Å². The maximum atomic E-state index is 11.8. The number of phenols is 2. The maximum absolute atomic E-state index is 11.8. The number of hydrogen-bond acceptors (Lipinski definition) is 2. The molecule has 246 valence electrons. The van der Waals surface area contributed by atoms with E-state index in [4.69, 9.17) is 10.2 Å². The molecule has 0 atom stereocenters. The van der Waals surface area contributed by atoms with E-state index in [9.17, 15) is 26.3 Å². The zero-order valence-electron chi connectivity index (χ0n) is 26.6. The smallest absolute Gasteiger partial charge is 0.416 e. The standard InChI is InChI=1S/2C11H11.2C7H5F3O.C2H4.Zr/c2*1-8-6-10-4-3-5-11(10)7-9(8)2;2*8-7(9,10)5-1-3-6(11)4-2-5;1-2;/h2*3-7H,1-2H3;2*1-4,11H;1H,2H3;/q2*-1;;;;+2. The Morgan fingerprint density at radius 1 is 0.532 bits per heavy atom. The summed E-state index contributed by atoms with van der Waals surface area (Å²) in [5, 5.41) is 22.7. The number of alkyl halides is 6. The van der Waals surface area contributed by atoms with Crippen LogP contribution in [-0.2, 0) is 36.6 Å². The van der Waals surface area contributed by atoms with Crippen molar-refractivity contribution in [1.82, 2.24) is 0 Å². The molecular weight excluding hydrogens is 694 g/mol. The van der Waals surface area contributed by atoms with Gasteiger partial charge in [0.05, 0.1) is 11.1 Å². The summed E-state index contributed by atoms with van der Waals surface area (Å²) in [6.07, 6.45) is -8.65. The van der Waals surface area contributed by atoms with Gasteiger partial charge in [-0.2, -0.15) is 50.6 Å². The summed E-state index contributed by atoms with van der Waals surface area (Å²) < 4.78 is 73.1. The first kappa shape index (κ1) is 39.2. The molecule has 0 fully saturated rings. The van der Waals surface area contributed by atoms with Crippen LogP contribution in [0.5, 0.6) is 11.5 Å². The van der Waals surface area contributed by atoms with Gasteiger partial charge in [-0.3, -0.25) is 0 Å². The Hall–Kier alpha value is -3.97. The van der Waals surface area contributed by atoms with Crippen molar-refractivity contribution in [1.29, 1.82) is 0 Å². The summed E-state index contributed by atoms with van der Waals surface area (Å²) in [7, 11) is 0. The van der Waals surface area contributed by atoms with Gasteiger partial charge in [-0.25, -0.2) is 0 Å². The van der Waals surface area contributed by atoms with E-state index in [2.05, 4.69) is 92.1 Å². The topological polar surface area (TPSA) is 40.5 Å². The Bertz CT molecular complexity index is 1620. The van der Waals surface area contributed by atoms with Gasteiger partial charge in [0.25, 0.3) is 0 Å². The van der Waals surface area contributed by atoms with E-state index in [1.807, 2.05) is 6.92 Å². The second-order valence-corrected chi connectivity index (χ2v) is 12.0. The predicted molar refractivity (Wildman–Crippen MR) is 176 cm³/mol. The fourth-order valence-corrected chi connectivity index (χ4v) is 4.11. The number of benzene rings is 4. The van der Waals surface area contributed by atoms with Crippen LogP contribution < -0.4 is 0 Å². The third-order valence-electron chi connectivity index (χ3n) is 6.89. The molecule has 0 saturated heterocycles. The fraction of sp³-hybridized carbons (Fsp3) is 0.184. The summed E-state index contributed by atoms with van der Waals surface area (Å²) in [5.74, 6) is -0.337. The van der Waals surface area contributed by atoms with Crippen molar-refractivity contribution in [3.63, 3.8) is 0 Å². The van der Waals surface area contributed by atoms with Crippen LogP contribution in [0.25, 0.3) is 21.5 Å². The van der Waals surface area contributed by atoms with Gasteiger partial charge in [0, 0.05) is 0 Å². The van der Waals surface area contributed by atoms with E-state index in [0.29, 0.717) is 0 Å². The average molecular weight is 730 g/mol. The van der Waals surface area contributed by atoms with Crippen LogP contribution in [-0.4, -0.2) is 13.9 Å². The zero-order chi connectivity index (χ0) is 35.4. The van der Waals surface area contributed by atoms with Crippen molar-refractivity contribution in [2.75, 3.05) is 0 Å². The van der Waals surface area contributed by atoms with Gasteiger partial charge in [-0.1, -0.05) is 22.3 Å². The molecule has 6 aromatic carbocycles. The van der Waals surface area contributed by atoms with Crippen molar-refractivity contribution in [3.8, 4) is 11.5 Å². The van der Waals surface area contributed by atoms with Gasteiger partial charge in [-0.05, 0) is 76.2 Å². The van der Waals surface area contributed by atoms with Crippen molar-refractivity contribution >= 4 is 25.3 Å². The van der Waals surface area contributed by atoms with Gasteiger partial charge in [0.15, 0.2) is 0 Å². The van der Waals surface area contributed by atoms with Gasteiger partial charge in [-0.15, -0.1) is 57.9 Å². The minimum absolute atomic E-state index is 0.169. The van der Waals surface area contributed by atoms with Crippen molar-refractivity contribution in [2.45, 2.75) is 47.0 Å². The number of phenolic OH excluding ortho intramolecular Hbond substituents is 2. The second-order valence-electron chi connectivity index (χ2n) is 10.6. The van der Waals surface area contributed by atoms with Crippen LogP contribution in [0, 0.1) is 27.7 Å². The minimum atomic E-state index is -4.33. The first-order valence-electron chi connectivity index (χ1n) is 14.4. The Balaban J connectivity index is 0.000000212. The van der Waals surface area contributed by atoms with E-state index < -0.39 is 23.5 Å². The summed E-state index contributed by atoms with van der Waals surface area (Å²) in [6, 6.07) is 29.1. The van der Waals surface area contributed by atoms with Gasteiger partial charge in [0.1, 0.15) is 11.5 Å². The third-order valence-corrected chi connectivity index (χ3v) is 6.89. The van der Waals surface area contributed by atoms with Crippen LogP contribution >= 0.6 is 0 Å². The van der Waals surface area contributed by atoms with Crippen molar-refractivity contribution < 1.29 is 60.8 Å². The quantitative estimate of drug-likeness (QED) is 0.121. The number of hydrogen-bond donors (Lipinski definition) is 2. The van der Waals surface area contributed by atoms with Gasteiger partial charge >= 0.3 is 47.2 Å². The SMILES string of the molecule is C[CH]=[Zr+2].Cc1cc2cc[cH-]c2cc1C.Cc1cc2cc[cH-]c2cc1C.Oc1ccc(C(F)(F)F)cc1.Oc1ccc(C(F)(F)F)cc1. The first-order valence-corrected chi connectivity index (χ1v) is 15.8. The van der Waals surface area contributed by atoms with Crippen molar-refractivity contribution in [2.24, 2.45) is 0 Å². The van der Waals surface area contributed by atoms with Crippen LogP contribution in [0.4, 0.5) is 26.3 Å².